The van der Waals surface area contributed by atoms with Gasteiger partial charge in [0.15, 0.2) is 17.3 Å². The van der Waals surface area contributed by atoms with Crippen LogP contribution in [0.5, 0.6) is 23.0 Å². The van der Waals surface area contributed by atoms with Gasteiger partial charge in [0.05, 0.1) is 25.8 Å². The van der Waals surface area contributed by atoms with Crippen molar-refractivity contribution in [1.82, 2.24) is 0 Å². The van der Waals surface area contributed by atoms with Gasteiger partial charge < -0.3 is 28.8 Å². The third kappa shape index (κ3) is 3.46. The van der Waals surface area contributed by atoms with Gasteiger partial charge in [-0.1, -0.05) is 6.07 Å². The van der Waals surface area contributed by atoms with Gasteiger partial charge in [0.2, 0.25) is 5.78 Å². The van der Waals surface area contributed by atoms with Crippen LogP contribution < -0.4 is 24.1 Å². The van der Waals surface area contributed by atoms with Crippen LogP contribution in [0.2, 0.25) is 0 Å². The van der Waals surface area contributed by atoms with Crippen molar-refractivity contribution >= 4 is 17.8 Å². The Morgan fingerprint density at radius 1 is 1.12 bits per heavy atom. The number of Topliss-reactive ketones (excluding diaryl/α,β-unsaturated/α-hetero) is 1. The summed E-state index contributed by atoms with van der Waals surface area (Å²) in [5.74, 6) is 0.210. The zero-order valence-corrected chi connectivity index (χ0v) is 14.1. The SMILES string of the molecule is COc1ccc(/C=C2/Oc3cc(OCC(=O)[O-])ccc3C2=O)cc1OC. The number of carboxylic acid groups (broad SMARTS) is 1. The molecule has 0 amide bonds. The van der Waals surface area contributed by atoms with E-state index in [0.717, 1.165) is 0 Å². The summed E-state index contributed by atoms with van der Waals surface area (Å²) in [6.07, 6.45) is 1.59. The van der Waals surface area contributed by atoms with Crippen LogP contribution in [0.3, 0.4) is 0 Å². The van der Waals surface area contributed by atoms with E-state index < -0.39 is 12.6 Å². The number of ether oxygens (including phenoxy) is 4. The lowest BCUT2D eigenvalue weighted by Crippen LogP contribution is -2.28. The van der Waals surface area contributed by atoms with E-state index in [1.165, 1.54) is 32.4 Å². The number of carbonyl (C=O) groups is 2. The van der Waals surface area contributed by atoms with Crippen molar-refractivity contribution in [1.29, 1.82) is 0 Å². The standard InChI is InChI=1S/C19H16O7/c1-23-14-6-3-11(7-16(14)24-2)8-17-19(22)13-5-4-12(9-15(13)26-17)25-10-18(20)21/h3-9H,10H2,1-2H3,(H,20,21)/p-1/b17-8+. The maximum atomic E-state index is 12.5. The Kier molecular flexibility index (Phi) is 4.79. The summed E-state index contributed by atoms with van der Waals surface area (Å²) >= 11 is 0. The Hall–Kier alpha value is -3.48. The first kappa shape index (κ1) is 17.3. The molecule has 0 N–H and O–H groups in total. The van der Waals surface area contributed by atoms with Crippen LogP contribution in [0.1, 0.15) is 15.9 Å². The van der Waals surface area contributed by atoms with Gasteiger partial charge in [-0.25, -0.2) is 0 Å². The van der Waals surface area contributed by atoms with E-state index in [9.17, 15) is 14.7 Å². The Labute approximate surface area is 149 Å². The third-order valence-electron chi connectivity index (χ3n) is 3.70. The summed E-state index contributed by atoms with van der Waals surface area (Å²) in [7, 11) is 3.06. The molecular weight excluding hydrogens is 340 g/mol. The van der Waals surface area contributed by atoms with Crippen molar-refractivity contribution < 1.29 is 33.6 Å². The van der Waals surface area contributed by atoms with E-state index in [4.69, 9.17) is 18.9 Å². The van der Waals surface area contributed by atoms with E-state index >= 15 is 0 Å². The number of hydrogen-bond donors (Lipinski definition) is 0. The number of rotatable bonds is 6. The normalized spacial score (nSPS) is 13.9. The minimum absolute atomic E-state index is 0.143. The number of carboxylic acids is 1. The topological polar surface area (TPSA) is 94.1 Å². The molecule has 0 aromatic heterocycles. The maximum Gasteiger partial charge on any atom is 0.231 e. The Morgan fingerprint density at radius 3 is 2.58 bits per heavy atom. The van der Waals surface area contributed by atoms with Gasteiger partial charge in [0.1, 0.15) is 18.1 Å². The summed E-state index contributed by atoms with van der Waals surface area (Å²) < 4.78 is 21.1. The molecule has 0 fully saturated rings. The molecule has 7 nitrogen and oxygen atoms in total. The number of carbonyl (C=O) groups excluding carboxylic acids is 2. The molecule has 0 bridgehead atoms. The molecule has 26 heavy (non-hydrogen) atoms. The minimum atomic E-state index is -1.34. The van der Waals surface area contributed by atoms with Crippen LogP contribution in [-0.4, -0.2) is 32.6 Å². The molecule has 0 saturated heterocycles. The van der Waals surface area contributed by atoms with Crippen LogP contribution in [0.4, 0.5) is 0 Å². The number of benzene rings is 2. The molecule has 1 aliphatic rings. The van der Waals surface area contributed by atoms with Crippen LogP contribution in [0.25, 0.3) is 6.08 Å². The highest BCUT2D eigenvalue weighted by Gasteiger charge is 2.27. The van der Waals surface area contributed by atoms with Gasteiger partial charge >= 0.3 is 0 Å². The molecule has 1 aliphatic heterocycles. The molecule has 1 heterocycles. The molecule has 0 unspecified atom stereocenters. The highest BCUT2D eigenvalue weighted by molar-refractivity contribution is 6.14. The zero-order chi connectivity index (χ0) is 18.7. The molecule has 0 atom stereocenters. The molecule has 0 radical (unpaired) electrons. The summed E-state index contributed by atoms with van der Waals surface area (Å²) in [6.45, 7) is -0.582. The number of fused-ring (bicyclic) bond motifs is 1. The van der Waals surface area contributed by atoms with Crippen LogP contribution in [-0.2, 0) is 4.79 Å². The predicted octanol–water partition coefficient (Wildman–Crippen LogP) is 1.45. The largest absolute Gasteiger partial charge is 0.546 e. The molecule has 2 aromatic rings. The molecule has 7 heteroatoms. The van der Waals surface area contributed by atoms with Crippen LogP contribution >= 0.6 is 0 Å². The lowest BCUT2D eigenvalue weighted by molar-refractivity contribution is -0.307. The smallest absolute Gasteiger partial charge is 0.231 e. The zero-order valence-electron chi connectivity index (χ0n) is 14.1. The van der Waals surface area contributed by atoms with E-state index in [1.54, 1.807) is 24.3 Å². The second-order valence-corrected chi connectivity index (χ2v) is 5.37. The number of allylic oxidation sites excluding steroid dienone is 1. The lowest BCUT2D eigenvalue weighted by atomic mass is 10.1. The van der Waals surface area contributed by atoms with Gasteiger partial charge in [-0.15, -0.1) is 0 Å². The van der Waals surface area contributed by atoms with Gasteiger partial charge in [-0.05, 0) is 35.9 Å². The van der Waals surface area contributed by atoms with E-state index in [1.807, 2.05) is 0 Å². The molecule has 134 valence electrons. The second kappa shape index (κ2) is 7.18. The minimum Gasteiger partial charge on any atom is -0.546 e. The summed E-state index contributed by atoms with van der Waals surface area (Å²) in [4.78, 5) is 22.9. The monoisotopic (exact) mass is 355 g/mol. The van der Waals surface area contributed by atoms with Crippen molar-refractivity contribution in [3.63, 3.8) is 0 Å². The van der Waals surface area contributed by atoms with Crippen molar-refractivity contribution in [3.8, 4) is 23.0 Å². The quantitative estimate of drug-likeness (QED) is 0.724. The van der Waals surface area contributed by atoms with Crippen molar-refractivity contribution in [2.45, 2.75) is 0 Å². The number of aliphatic carboxylic acids is 1. The van der Waals surface area contributed by atoms with Crippen molar-refractivity contribution in [3.05, 3.63) is 53.3 Å². The maximum absolute atomic E-state index is 12.5. The Balaban J connectivity index is 1.85. The molecule has 0 aliphatic carbocycles. The third-order valence-corrected chi connectivity index (χ3v) is 3.70. The first-order chi connectivity index (χ1) is 12.5. The fraction of sp³-hybridized carbons (Fsp3) is 0.158. The highest BCUT2D eigenvalue weighted by atomic mass is 16.5. The number of ketones is 1. The average Bonchev–Trinajstić information content (AvgIpc) is 2.95. The number of hydrogen-bond acceptors (Lipinski definition) is 7. The molecule has 0 spiro atoms. The summed E-state index contributed by atoms with van der Waals surface area (Å²) in [5.41, 5.74) is 1.07. The fourth-order valence-electron chi connectivity index (χ4n) is 2.49. The highest BCUT2D eigenvalue weighted by Crippen LogP contribution is 2.35. The van der Waals surface area contributed by atoms with Gasteiger partial charge in [-0.2, -0.15) is 0 Å². The number of methoxy groups -OCH3 is 2. The van der Waals surface area contributed by atoms with Crippen molar-refractivity contribution in [2.75, 3.05) is 20.8 Å². The molecular formula is C19H15O7-. The van der Waals surface area contributed by atoms with Gasteiger partial charge in [0.25, 0.3) is 0 Å². The summed E-state index contributed by atoms with van der Waals surface area (Å²) in [6, 6.07) is 9.71. The molecule has 3 rings (SSSR count). The predicted molar refractivity (Wildman–Crippen MR) is 89.4 cm³/mol. The van der Waals surface area contributed by atoms with Crippen LogP contribution in [0, 0.1) is 0 Å². The van der Waals surface area contributed by atoms with E-state index in [2.05, 4.69) is 0 Å². The second-order valence-electron chi connectivity index (χ2n) is 5.37. The van der Waals surface area contributed by atoms with Gasteiger partial charge in [-0.3, -0.25) is 4.79 Å². The average molecular weight is 355 g/mol. The Bertz CT molecular complexity index is 899. The first-order valence-electron chi connectivity index (χ1n) is 7.65. The van der Waals surface area contributed by atoms with Crippen LogP contribution in [0.15, 0.2) is 42.2 Å². The van der Waals surface area contributed by atoms with E-state index in [-0.39, 0.29) is 17.3 Å². The summed E-state index contributed by atoms with van der Waals surface area (Å²) in [5, 5.41) is 10.5. The Morgan fingerprint density at radius 2 is 1.88 bits per heavy atom. The van der Waals surface area contributed by atoms with Crippen molar-refractivity contribution in [2.24, 2.45) is 0 Å². The van der Waals surface area contributed by atoms with Gasteiger partial charge in [0, 0.05) is 6.07 Å². The lowest BCUT2D eigenvalue weighted by Gasteiger charge is -2.08. The molecule has 2 aromatic carbocycles. The van der Waals surface area contributed by atoms with E-state index in [0.29, 0.717) is 28.4 Å². The fourth-order valence-corrected chi connectivity index (χ4v) is 2.49. The molecule has 0 saturated carbocycles. The first-order valence-corrected chi connectivity index (χ1v) is 7.65.